The summed E-state index contributed by atoms with van der Waals surface area (Å²) in [5, 5.41) is 5.32. The number of Topliss-reactive ketones (excluding diaryl/α,β-unsaturated/α-hetero) is 1. The quantitative estimate of drug-likeness (QED) is 0.419. The van der Waals surface area contributed by atoms with Gasteiger partial charge in [0.25, 0.3) is 0 Å². The highest BCUT2D eigenvalue weighted by Crippen LogP contribution is 2.12. The summed E-state index contributed by atoms with van der Waals surface area (Å²) in [6.07, 6.45) is 1.47. The molecular weight excluding hydrogens is 344 g/mol. The molecule has 1 aromatic rings. The van der Waals surface area contributed by atoms with Gasteiger partial charge in [-0.3, -0.25) is 14.4 Å². The molecule has 27 heavy (non-hydrogen) atoms. The summed E-state index contributed by atoms with van der Waals surface area (Å²) in [5.74, 6) is -1.18. The van der Waals surface area contributed by atoms with Crippen LogP contribution in [-0.4, -0.2) is 43.3 Å². The normalized spacial score (nSPS) is 13.1. The van der Waals surface area contributed by atoms with Gasteiger partial charge in [-0.2, -0.15) is 0 Å². The average molecular weight is 377 g/mol. The number of carbonyl (C=O) groups is 3. The molecule has 7 nitrogen and oxygen atoms in total. The Balaban J connectivity index is 2.58. The molecular formula is C20H32N4O3. The van der Waals surface area contributed by atoms with Gasteiger partial charge in [-0.15, -0.1) is 0 Å². The van der Waals surface area contributed by atoms with E-state index in [1.54, 1.807) is 13.8 Å². The van der Waals surface area contributed by atoms with Crippen LogP contribution in [0.3, 0.4) is 0 Å². The summed E-state index contributed by atoms with van der Waals surface area (Å²) in [4.78, 5) is 36.7. The van der Waals surface area contributed by atoms with Gasteiger partial charge in [0, 0.05) is 11.8 Å². The van der Waals surface area contributed by atoms with Crippen molar-refractivity contribution in [1.29, 1.82) is 0 Å². The highest BCUT2D eigenvalue weighted by atomic mass is 16.2. The summed E-state index contributed by atoms with van der Waals surface area (Å²) in [7, 11) is 0. The number of nitrogens with two attached hydrogens (primary N) is 2. The number of nitrogens with one attached hydrogen (secondary N) is 2. The first-order valence-electron chi connectivity index (χ1n) is 9.43. The van der Waals surface area contributed by atoms with Gasteiger partial charge in [0.05, 0.1) is 12.6 Å². The van der Waals surface area contributed by atoms with Crippen LogP contribution < -0.4 is 22.1 Å². The second-order valence-corrected chi connectivity index (χ2v) is 6.94. The molecule has 0 spiro atoms. The van der Waals surface area contributed by atoms with Crippen molar-refractivity contribution in [3.8, 4) is 0 Å². The van der Waals surface area contributed by atoms with Crippen molar-refractivity contribution in [2.24, 2.45) is 23.3 Å². The van der Waals surface area contributed by atoms with Crippen molar-refractivity contribution in [2.75, 3.05) is 19.6 Å². The van der Waals surface area contributed by atoms with Crippen molar-refractivity contribution in [1.82, 2.24) is 10.6 Å². The lowest BCUT2D eigenvalue weighted by molar-refractivity contribution is -0.131. The highest BCUT2D eigenvalue weighted by molar-refractivity contribution is 5.92. The Labute approximate surface area is 161 Å². The molecule has 0 aromatic heterocycles. The van der Waals surface area contributed by atoms with Crippen LogP contribution in [0.2, 0.25) is 0 Å². The van der Waals surface area contributed by atoms with Gasteiger partial charge in [0.1, 0.15) is 0 Å². The smallest absolute Gasteiger partial charge is 0.239 e. The van der Waals surface area contributed by atoms with E-state index in [-0.39, 0.29) is 30.1 Å². The summed E-state index contributed by atoms with van der Waals surface area (Å²) < 4.78 is 0. The molecule has 0 fully saturated rings. The Morgan fingerprint density at radius 3 is 2.19 bits per heavy atom. The number of carbonyl (C=O) groups excluding carboxylic acids is 3. The van der Waals surface area contributed by atoms with Crippen LogP contribution in [0, 0.1) is 11.8 Å². The fraction of sp³-hybridized carbons (Fsp3) is 0.550. The largest absolute Gasteiger partial charge is 0.347 e. The lowest BCUT2D eigenvalue weighted by Gasteiger charge is -2.20. The van der Waals surface area contributed by atoms with E-state index in [1.165, 1.54) is 0 Å². The molecule has 2 amide bonds. The second kappa shape index (κ2) is 12.2. The van der Waals surface area contributed by atoms with E-state index in [1.807, 2.05) is 30.3 Å². The number of amides is 2. The maximum absolute atomic E-state index is 12.5. The van der Waals surface area contributed by atoms with Gasteiger partial charge in [0.15, 0.2) is 5.78 Å². The van der Waals surface area contributed by atoms with Crippen LogP contribution in [0.15, 0.2) is 30.3 Å². The molecule has 0 aliphatic heterocycles. The summed E-state index contributed by atoms with van der Waals surface area (Å²) in [6, 6.07) is 9.05. The monoisotopic (exact) mass is 376 g/mol. The lowest BCUT2D eigenvalue weighted by atomic mass is 9.95. The highest BCUT2D eigenvalue weighted by Gasteiger charge is 2.23. The van der Waals surface area contributed by atoms with Crippen molar-refractivity contribution in [3.05, 3.63) is 35.9 Å². The zero-order valence-corrected chi connectivity index (χ0v) is 16.2. The second-order valence-electron chi connectivity index (χ2n) is 6.94. The Morgan fingerprint density at radius 2 is 1.63 bits per heavy atom. The zero-order chi connectivity index (χ0) is 20.2. The molecule has 2 atom stereocenters. The van der Waals surface area contributed by atoms with Crippen molar-refractivity contribution < 1.29 is 14.4 Å². The van der Waals surface area contributed by atoms with E-state index < -0.39 is 11.9 Å². The topological polar surface area (TPSA) is 127 Å². The first kappa shape index (κ1) is 22.8. The third kappa shape index (κ3) is 8.32. The Hall–Kier alpha value is -2.25. The van der Waals surface area contributed by atoms with E-state index >= 15 is 0 Å². The number of rotatable bonds is 12. The minimum absolute atomic E-state index is 0.0646. The number of benzene rings is 1. The Bertz CT molecular complexity index is 605. The fourth-order valence-electron chi connectivity index (χ4n) is 2.84. The van der Waals surface area contributed by atoms with Crippen LogP contribution in [0.5, 0.6) is 0 Å². The van der Waals surface area contributed by atoms with E-state index in [0.29, 0.717) is 32.4 Å². The maximum Gasteiger partial charge on any atom is 0.239 e. The number of ketones is 1. The first-order chi connectivity index (χ1) is 12.9. The summed E-state index contributed by atoms with van der Waals surface area (Å²) in [5.41, 5.74) is 12.2. The third-order valence-electron chi connectivity index (χ3n) is 4.34. The lowest BCUT2D eigenvalue weighted by Crippen LogP contribution is -2.48. The molecule has 0 radical (unpaired) electrons. The Kier molecular flexibility index (Phi) is 10.3. The minimum atomic E-state index is -0.622. The summed E-state index contributed by atoms with van der Waals surface area (Å²) >= 11 is 0. The van der Waals surface area contributed by atoms with Gasteiger partial charge in [-0.25, -0.2) is 0 Å². The predicted molar refractivity (Wildman–Crippen MR) is 106 cm³/mol. The first-order valence-corrected chi connectivity index (χ1v) is 9.43. The third-order valence-corrected chi connectivity index (χ3v) is 4.34. The number of hydrogen-bond donors (Lipinski definition) is 4. The molecule has 0 aliphatic rings. The van der Waals surface area contributed by atoms with E-state index in [9.17, 15) is 14.4 Å². The maximum atomic E-state index is 12.5. The molecule has 6 N–H and O–H groups in total. The SMILES string of the molecule is CC(C)C(=O)C(CCN)NC(=O)CNC(=O)C(CCN)Cc1ccccc1. The van der Waals surface area contributed by atoms with Crippen molar-refractivity contribution >= 4 is 17.6 Å². The van der Waals surface area contributed by atoms with E-state index in [2.05, 4.69) is 10.6 Å². The van der Waals surface area contributed by atoms with Crippen LogP contribution in [0.1, 0.15) is 32.3 Å². The Morgan fingerprint density at radius 1 is 1.00 bits per heavy atom. The van der Waals surface area contributed by atoms with Crippen LogP contribution in [-0.2, 0) is 20.8 Å². The van der Waals surface area contributed by atoms with Gasteiger partial charge >= 0.3 is 0 Å². The van der Waals surface area contributed by atoms with Crippen molar-refractivity contribution in [2.45, 2.75) is 39.2 Å². The van der Waals surface area contributed by atoms with Crippen LogP contribution >= 0.6 is 0 Å². The standard InChI is InChI=1S/C20H32N4O3/c1-14(2)19(26)17(9-11-22)24-18(25)13-23-20(27)16(8-10-21)12-15-6-4-3-5-7-15/h3-7,14,16-17H,8-13,21-22H2,1-2H3,(H,23,27)(H,24,25). The number of hydrogen-bond acceptors (Lipinski definition) is 5. The molecule has 7 heteroatoms. The molecule has 0 bridgehead atoms. The minimum Gasteiger partial charge on any atom is -0.347 e. The average Bonchev–Trinajstić information content (AvgIpc) is 2.65. The van der Waals surface area contributed by atoms with Gasteiger partial charge in [-0.1, -0.05) is 44.2 Å². The predicted octanol–water partition coefficient (Wildman–Crippen LogP) is 0.369. The molecule has 1 aromatic carbocycles. The molecule has 150 valence electrons. The molecule has 2 unspecified atom stereocenters. The molecule has 0 saturated carbocycles. The van der Waals surface area contributed by atoms with Gasteiger partial charge < -0.3 is 22.1 Å². The molecule has 0 aliphatic carbocycles. The van der Waals surface area contributed by atoms with E-state index in [4.69, 9.17) is 11.5 Å². The molecule has 0 heterocycles. The van der Waals surface area contributed by atoms with Crippen LogP contribution in [0.25, 0.3) is 0 Å². The van der Waals surface area contributed by atoms with Crippen LogP contribution in [0.4, 0.5) is 0 Å². The summed E-state index contributed by atoms with van der Waals surface area (Å²) in [6.45, 7) is 4.06. The van der Waals surface area contributed by atoms with Crippen molar-refractivity contribution in [3.63, 3.8) is 0 Å². The van der Waals surface area contributed by atoms with E-state index in [0.717, 1.165) is 5.56 Å². The fourth-order valence-corrected chi connectivity index (χ4v) is 2.84. The van der Waals surface area contributed by atoms with Gasteiger partial charge in [0.2, 0.25) is 11.8 Å². The molecule has 1 rings (SSSR count). The molecule has 0 saturated heterocycles. The zero-order valence-electron chi connectivity index (χ0n) is 16.2. The van der Waals surface area contributed by atoms with Gasteiger partial charge in [-0.05, 0) is 37.9 Å².